The Morgan fingerprint density at radius 2 is 1.50 bits per heavy atom. The van der Waals surface area contributed by atoms with Crippen molar-refractivity contribution in [2.75, 3.05) is 21.3 Å². The molecule has 2 rings (SSSR count). The molecule has 2 aromatic rings. The zero-order valence-corrected chi connectivity index (χ0v) is 17.3. The second kappa shape index (κ2) is 7.68. The Kier molecular flexibility index (Phi) is 5.98. The summed E-state index contributed by atoms with van der Waals surface area (Å²) in [4.78, 5) is 0.393. The Balaban J connectivity index is 2.46. The minimum absolute atomic E-state index is 0.210. The Bertz CT molecular complexity index is 894. The van der Waals surface area contributed by atoms with E-state index in [0.717, 1.165) is 27.8 Å². The molecule has 0 spiro atoms. The predicted molar refractivity (Wildman–Crippen MR) is 104 cm³/mol. The molecule has 0 saturated carbocycles. The summed E-state index contributed by atoms with van der Waals surface area (Å²) in [5.74, 6) is 1.26. The highest BCUT2D eigenvalue weighted by atomic mass is 32.2. The van der Waals surface area contributed by atoms with Gasteiger partial charge >= 0.3 is 0 Å². The summed E-state index contributed by atoms with van der Waals surface area (Å²) >= 11 is 0. The molecular formula is C20H27NO4S. The van der Waals surface area contributed by atoms with Gasteiger partial charge in [-0.25, -0.2) is 8.42 Å². The summed E-state index contributed by atoms with van der Waals surface area (Å²) < 4.78 is 38.5. The maximum atomic E-state index is 13.3. The molecule has 0 aromatic heterocycles. The lowest BCUT2D eigenvalue weighted by molar-refractivity contribution is 0.384. The number of aryl methyl sites for hydroxylation is 2. The highest BCUT2D eigenvalue weighted by molar-refractivity contribution is 7.89. The van der Waals surface area contributed by atoms with Crippen LogP contribution < -0.4 is 9.47 Å². The van der Waals surface area contributed by atoms with E-state index in [0.29, 0.717) is 16.4 Å². The van der Waals surface area contributed by atoms with Gasteiger partial charge in [0.05, 0.1) is 19.1 Å². The van der Waals surface area contributed by atoms with Crippen molar-refractivity contribution in [1.82, 2.24) is 4.31 Å². The maximum absolute atomic E-state index is 13.3. The van der Waals surface area contributed by atoms with Gasteiger partial charge in [0.1, 0.15) is 11.5 Å². The summed E-state index contributed by atoms with van der Waals surface area (Å²) in [7, 11) is 1.10. The number of rotatable bonds is 6. The molecule has 0 fully saturated rings. The van der Waals surface area contributed by atoms with E-state index in [1.807, 2.05) is 39.8 Å². The first-order valence-corrected chi connectivity index (χ1v) is 9.82. The van der Waals surface area contributed by atoms with Crippen molar-refractivity contribution in [1.29, 1.82) is 0 Å². The molecule has 0 unspecified atom stereocenters. The molecule has 0 heterocycles. The molecule has 0 saturated heterocycles. The molecule has 0 aliphatic carbocycles. The first kappa shape index (κ1) is 20.3. The fraction of sp³-hybridized carbons (Fsp3) is 0.400. The molecule has 5 nitrogen and oxygen atoms in total. The van der Waals surface area contributed by atoms with Gasteiger partial charge in [0.25, 0.3) is 0 Å². The highest BCUT2D eigenvalue weighted by Crippen LogP contribution is 2.31. The van der Waals surface area contributed by atoms with Crippen molar-refractivity contribution in [2.45, 2.75) is 39.1 Å². The van der Waals surface area contributed by atoms with E-state index in [1.54, 1.807) is 33.4 Å². The van der Waals surface area contributed by atoms with Crippen LogP contribution >= 0.6 is 0 Å². The van der Waals surface area contributed by atoms with E-state index in [2.05, 4.69) is 0 Å². The van der Waals surface area contributed by atoms with E-state index in [1.165, 1.54) is 4.31 Å². The number of hydrogen-bond donors (Lipinski definition) is 0. The number of sulfonamides is 1. The van der Waals surface area contributed by atoms with Gasteiger partial charge in [-0.15, -0.1) is 0 Å². The highest BCUT2D eigenvalue weighted by Gasteiger charge is 2.27. The van der Waals surface area contributed by atoms with Crippen LogP contribution in [0.4, 0.5) is 0 Å². The van der Waals surface area contributed by atoms with Crippen molar-refractivity contribution in [3.05, 3.63) is 52.1 Å². The van der Waals surface area contributed by atoms with E-state index in [-0.39, 0.29) is 6.54 Å². The third kappa shape index (κ3) is 3.71. The largest absolute Gasteiger partial charge is 0.497 e. The van der Waals surface area contributed by atoms with Gasteiger partial charge in [-0.3, -0.25) is 0 Å². The summed E-state index contributed by atoms with van der Waals surface area (Å²) in [6.07, 6.45) is 0. The van der Waals surface area contributed by atoms with Gasteiger partial charge in [-0.05, 0) is 56.0 Å². The van der Waals surface area contributed by atoms with Gasteiger partial charge in [-0.2, -0.15) is 4.31 Å². The zero-order chi connectivity index (χ0) is 19.6. The Labute approximate surface area is 156 Å². The average molecular weight is 378 g/mol. The third-order valence-corrected chi connectivity index (χ3v) is 6.93. The number of methoxy groups -OCH3 is 2. The van der Waals surface area contributed by atoms with Gasteiger partial charge in [0.15, 0.2) is 0 Å². The SMILES string of the molecule is COc1ccc(CN(C)S(=O)(=O)c2c(C)c(C)cc(C)c2C)c(OC)c1. The molecular weight excluding hydrogens is 350 g/mol. The molecule has 0 atom stereocenters. The van der Waals surface area contributed by atoms with Crippen LogP contribution in [-0.4, -0.2) is 34.0 Å². The molecule has 26 heavy (non-hydrogen) atoms. The van der Waals surface area contributed by atoms with E-state index >= 15 is 0 Å². The molecule has 0 aliphatic heterocycles. The summed E-state index contributed by atoms with van der Waals surface area (Å²) in [5.41, 5.74) is 4.31. The summed E-state index contributed by atoms with van der Waals surface area (Å²) in [5, 5.41) is 0. The van der Waals surface area contributed by atoms with E-state index in [4.69, 9.17) is 9.47 Å². The van der Waals surface area contributed by atoms with Crippen LogP contribution in [0.15, 0.2) is 29.2 Å². The summed E-state index contributed by atoms with van der Waals surface area (Å²) in [6, 6.07) is 7.40. The van der Waals surface area contributed by atoms with Gasteiger partial charge in [-0.1, -0.05) is 12.1 Å². The predicted octanol–water partition coefficient (Wildman–Crippen LogP) is 3.76. The van der Waals surface area contributed by atoms with Crippen LogP contribution in [0.3, 0.4) is 0 Å². The van der Waals surface area contributed by atoms with Crippen molar-refractivity contribution in [2.24, 2.45) is 0 Å². The quantitative estimate of drug-likeness (QED) is 0.769. The van der Waals surface area contributed by atoms with Crippen LogP contribution in [0.1, 0.15) is 27.8 Å². The van der Waals surface area contributed by atoms with Crippen LogP contribution in [0, 0.1) is 27.7 Å². The second-order valence-electron chi connectivity index (χ2n) is 6.53. The van der Waals surface area contributed by atoms with Gasteiger partial charge in [0, 0.05) is 25.2 Å². The van der Waals surface area contributed by atoms with Crippen molar-refractivity contribution in [3.63, 3.8) is 0 Å². The smallest absolute Gasteiger partial charge is 0.243 e. The molecule has 2 aromatic carbocycles. The van der Waals surface area contributed by atoms with Crippen LogP contribution in [0.5, 0.6) is 11.5 Å². The first-order chi connectivity index (χ1) is 12.1. The van der Waals surface area contributed by atoms with E-state index < -0.39 is 10.0 Å². The standard InChI is InChI=1S/C20H27NO4S/c1-13-10-14(2)16(4)20(15(13)3)26(22,23)21(5)12-17-8-9-18(24-6)11-19(17)25-7/h8-11H,12H2,1-7H3. The average Bonchev–Trinajstić information content (AvgIpc) is 2.60. The van der Waals surface area contributed by atoms with Gasteiger partial charge < -0.3 is 9.47 Å². The molecule has 0 amide bonds. The van der Waals surface area contributed by atoms with E-state index in [9.17, 15) is 8.42 Å². The third-order valence-electron chi connectivity index (χ3n) is 4.85. The zero-order valence-electron chi connectivity index (χ0n) is 16.5. The number of benzene rings is 2. The lowest BCUT2D eigenvalue weighted by Gasteiger charge is -2.23. The fourth-order valence-electron chi connectivity index (χ4n) is 3.03. The lowest BCUT2D eigenvalue weighted by Crippen LogP contribution is -2.28. The van der Waals surface area contributed by atoms with Crippen LogP contribution in [-0.2, 0) is 16.6 Å². The lowest BCUT2D eigenvalue weighted by atomic mass is 10.0. The normalized spacial score (nSPS) is 11.7. The second-order valence-corrected chi connectivity index (χ2v) is 8.51. The van der Waals surface area contributed by atoms with Crippen LogP contribution in [0.2, 0.25) is 0 Å². The van der Waals surface area contributed by atoms with Crippen LogP contribution in [0.25, 0.3) is 0 Å². The Hall–Kier alpha value is -2.05. The molecule has 0 radical (unpaired) electrons. The number of hydrogen-bond acceptors (Lipinski definition) is 4. The minimum Gasteiger partial charge on any atom is -0.497 e. The molecule has 0 aliphatic rings. The Morgan fingerprint density at radius 1 is 0.923 bits per heavy atom. The van der Waals surface area contributed by atoms with Crippen molar-refractivity contribution in [3.8, 4) is 11.5 Å². The summed E-state index contributed by atoms with van der Waals surface area (Å²) in [6.45, 7) is 7.80. The minimum atomic E-state index is -3.64. The number of ether oxygens (including phenoxy) is 2. The molecule has 0 bridgehead atoms. The maximum Gasteiger partial charge on any atom is 0.243 e. The molecule has 6 heteroatoms. The first-order valence-electron chi connectivity index (χ1n) is 8.38. The Morgan fingerprint density at radius 3 is 2.00 bits per heavy atom. The molecule has 142 valence electrons. The number of nitrogens with zero attached hydrogens (tertiary/aromatic N) is 1. The van der Waals surface area contributed by atoms with Crippen molar-refractivity contribution < 1.29 is 17.9 Å². The fourth-order valence-corrected chi connectivity index (χ4v) is 4.75. The monoisotopic (exact) mass is 377 g/mol. The van der Waals surface area contributed by atoms with Gasteiger partial charge in [0.2, 0.25) is 10.0 Å². The topological polar surface area (TPSA) is 55.8 Å². The van der Waals surface area contributed by atoms with Crippen molar-refractivity contribution >= 4 is 10.0 Å². The molecule has 0 N–H and O–H groups in total.